The average molecular weight is 367 g/mol. The van der Waals surface area contributed by atoms with Crippen molar-refractivity contribution in [1.29, 1.82) is 0 Å². The molecule has 0 bridgehead atoms. The number of methoxy groups -OCH3 is 1. The first-order valence-electron chi connectivity index (χ1n) is 8.69. The molecular formula is C17H25N3O4S. The lowest BCUT2D eigenvalue weighted by molar-refractivity contribution is 0.0951. The standard InChI is InChI=1S/C17H25N3O4S/c1-24-15-5-2-13(10-16(15)25(22,23)20-14-3-4-14)17(21)19-9-7-12-6-8-18-11-12/h2,5,10,12,14,18,20H,3-4,6-9,11H2,1H3,(H,19,21). The minimum atomic E-state index is -3.69. The molecule has 8 heteroatoms. The highest BCUT2D eigenvalue weighted by molar-refractivity contribution is 7.89. The van der Waals surface area contributed by atoms with E-state index in [1.54, 1.807) is 6.07 Å². The van der Waals surface area contributed by atoms with Gasteiger partial charge in [0.1, 0.15) is 10.6 Å². The molecule has 7 nitrogen and oxygen atoms in total. The molecule has 2 fully saturated rings. The van der Waals surface area contributed by atoms with Gasteiger partial charge < -0.3 is 15.4 Å². The first-order chi connectivity index (χ1) is 12.0. The third-order valence-electron chi connectivity index (χ3n) is 4.62. The number of rotatable bonds is 8. The fourth-order valence-corrected chi connectivity index (χ4v) is 4.46. The fraction of sp³-hybridized carbons (Fsp3) is 0.588. The third kappa shape index (κ3) is 4.71. The van der Waals surface area contributed by atoms with E-state index in [0.29, 0.717) is 18.0 Å². The van der Waals surface area contributed by atoms with Crippen LogP contribution in [0.1, 0.15) is 36.0 Å². The van der Waals surface area contributed by atoms with E-state index in [1.165, 1.54) is 19.2 Å². The van der Waals surface area contributed by atoms with E-state index in [4.69, 9.17) is 4.74 Å². The summed E-state index contributed by atoms with van der Waals surface area (Å²) in [6, 6.07) is 4.49. The molecule has 1 saturated carbocycles. The molecule has 138 valence electrons. The largest absolute Gasteiger partial charge is 0.495 e. The Morgan fingerprint density at radius 3 is 2.76 bits per heavy atom. The van der Waals surface area contributed by atoms with Crippen molar-refractivity contribution in [1.82, 2.24) is 15.4 Å². The number of carbonyl (C=O) groups is 1. The lowest BCUT2D eigenvalue weighted by Gasteiger charge is -2.13. The number of carbonyl (C=O) groups excluding carboxylic acids is 1. The van der Waals surface area contributed by atoms with Crippen LogP contribution < -0.4 is 20.1 Å². The maximum atomic E-state index is 12.5. The van der Waals surface area contributed by atoms with E-state index in [0.717, 1.165) is 38.8 Å². The van der Waals surface area contributed by atoms with Crippen LogP contribution in [-0.2, 0) is 10.0 Å². The van der Waals surface area contributed by atoms with Gasteiger partial charge in [-0.1, -0.05) is 0 Å². The van der Waals surface area contributed by atoms with Crippen molar-refractivity contribution in [3.8, 4) is 5.75 Å². The Bertz CT molecular complexity index is 725. The molecule has 2 aliphatic rings. The quantitative estimate of drug-likeness (QED) is 0.633. The third-order valence-corrected chi connectivity index (χ3v) is 6.16. The number of hydrogen-bond donors (Lipinski definition) is 3. The number of hydrogen-bond acceptors (Lipinski definition) is 5. The van der Waals surface area contributed by atoms with Crippen LogP contribution in [0.2, 0.25) is 0 Å². The van der Waals surface area contributed by atoms with Gasteiger partial charge in [-0.25, -0.2) is 13.1 Å². The van der Waals surface area contributed by atoms with Crippen molar-refractivity contribution in [2.24, 2.45) is 5.92 Å². The zero-order valence-corrected chi connectivity index (χ0v) is 15.2. The highest BCUT2D eigenvalue weighted by Crippen LogP contribution is 2.28. The van der Waals surface area contributed by atoms with Crippen LogP contribution in [0, 0.1) is 5.92 Å². The summed E-state index contributed by atoms with van der Waals surface area (Å²) in [6.45, 7) is 2.61. The molecule has 1 saturated heterocycles. The molecule has 3 N–H and O–H groups in total. The van der Waals surface area contributed by atoms with Crippen molar-refractivity contribution in [3.05, 3.63) is 23.8 Å². The highest BCUT2D eigenvalue weighted by atomic mass is 32.2. The van der Waals surface area contributed by atoms with E-state index in [-0.39, 0.29) is 22.6 Å². The number of sulfonamides is 1. The summed E-state index contributed by atoms with van der Waals surface area (Å²) in [7, 11) is -2.28. The van der Waals surface area contributed by atoms with Crippen LogP contribution in [-0.4, -0.2) is 47.1 Å². The summed E-state index contributed by atoms with van der Waals surface area (Å²) in [5, 5.41) is 6.17. The molecule has 0 radical (unpaired) electrons. The molecule has 0 spiro atoms. The van der Waals surface area contributed by atoms with E-state index in [9.17, 15) is 13.2 Å². The van der Waals surface area contributed by atoms with Gasteiger partial charge in [0.15, 0.2) is 0 Å². The van der Waals surface area contributed by atoms with Crippen molar-refractivity contribution in [3.63, 3.8) is 0 Å². The van der Waals surface area contributed by atoms with Crippen molar-refractivity contribution < 1.29 is 17.9 Å². The maximum absolute atomic E-state index is 12.5. The Balaban J connectivity index is 1.68. The SMILES string of the molecule is COc1ccc(C(=O)NCCC2CCNC2)cc1S(=O)(=O)NC1CC1. The molecular weight excluding hydrogens is 342 g/mol. The minimum Gasteiger partial charge on any atom is -0.495 e. The Morgan fingerprint density at radius 1 is 1.32 bits per heavy atom. The predicted octanol–water partition coefficient (Wildman–Crippen LogP) is 0.865. The fourth-order valence-electron chi connectivity index (χ4n) is 2.96. The van der Waals surface area contributed by atoms with Gasteiger partial charge in [-0.2, -0.15) is 0 Å². The van der Waals surface area contributed by atoms with E-state index in [1.807, 2.05) is 0 Å². The maximum Gasteiger partial charge on any atom is 0.251 e. The second kappa shape index (κ2) is 7.72. The van der Waals surface area contributed by atoms with Gasteiger partial charge >= 0.3 is 0 Å². The molecule has 1 aliphatic heterocycles. The Kier molecular flexibility index (Phi) is 5.61. The zero-order chi connectivity index (χ0) is 17.9. The first-order valence-corrected chi connectivity index (χ1v) is 10.2. The molecule has 1 atom stereocenters. The number of nitrogens with one attached hydrogen (secondary N) is 3. The van der Waals surface area contributed by atoms with Crippen LogP contribution in [0.4, 0.5) is 0 Å². The molecule has 1 unspecified atom stereocenters. The van der Waals surface area contributed by atoms with Crippen LogP contribution >= 0.6 is 0 Å². The lowest BCUT2D eigenvalue weighted by atomic mass is 10.1. The van der Waals surface area contributed by atoms with Crippen molar-refractivity contribution in [2.45, 2.75) is 36.6 Å². The molecule has 1 aromatic rings. The van der Waals surface area contributed by atoms with Gasteiger partial charge in [-0.05, 0) is 62.9 Å². The number of amides is 1. The van der Waals surface area contributed by atoms with E-state index < -0.39 is 10.0 Å². The summed E-state index contributed by atoms with van der Waals surface area (Å²) in [5.74, 6) is 0.563. The Morgan fingerprint density at radius 2 is 2.12 bits per heavy atom. The second-order valence-electron chi connectivity index (χ2n) is 6.66. The van der Waals surface area contributed by atoms with Gasteiger partial charge in [0.2, 0.25) is 10.0 Å². The molecule has 0 aromatic heterocycles. The molecule has 1 amide bonds. The average Bonchev–Trinajstić information content (AvgIpc) is 3.24. The smallest absolute Gasteiger partial charge is 0.251 e. The lowest BCUT2D eigenvalue weighted by Crippen LogP contribution is -2.28. The van der Waals surface area contributed by atoms with Crippen molar-refractivity contribution >= 4 is 15.9 Å². The van der Waals surface area contributed by atoms with Gasteiger partial charge in [0.25, 0.3) is 5.91 Å². The van der Waals surface area contributed by atoms with Gasteiger partial charge in [-0.15, -0.1) is 0 Å². The van der Waals surface area contributed by atoms with E-state index in [2.05, 4.69) is 15.4 Å². The normalized spacial score (nSPS) is 20.4. The molecule has 3 rings (SSSR count). The summed E-state index contributed by atoms with van der Waals surface area (Å²) in [6.07, 6.45) is 3.74. The number of benzene rings is 1. The minimum absolute atomic E-state index is 0.00721. The summed E-state index contributed by atoms with van der Waals surface area (Å²) in [5.41, 5.74) is 0.321. The van der Waals surface area contributed by atoms with Crippen molar-refractivity contribution in [2.75, 3.05) is 26.7 Å². The van der Waals surface area contributed by atoms with Crippen LogP contribution in [0.5, 0.6) is 5.75 Å². The van der Waals surface area contributed by atoms with Crippen LogP contribution in [0.3, 0.4) is 0 Å². The van der Waals surface area contributed by atoms with Gasteiger partial charge in [0, 0.05) is 18.2 Å². The van der Waals surface area contributed by atoms with Gasteiger partial charge in [-0.3, -0.25) is 4.79 Å². The van der Waals surface area contributed by atoms with Crippen LogP contribution in [0.25, 0.3) is 0 Å². The summed E-state index contributed by atoms with van der Waals surface area (Å²) in [4.78, 5) is 12.4. The predicted molar refractivity (Wildman–Crippen MR) is 94.3 cm³/mol. The Labute approximate surface area is 148 Å². The monoisotopic (exact) mass is 367 g/mol. The Hall–Kier alpha value is -1.64. The van der Waals surface area contributed by atoms with Gasteiger partial charge in [0.05, 0.1) is 7.11 Å². The molecule has 1 aliphatic carbocycles. The summed E-state index contributed by atoms with van der Waals surface area (Å²) < 4.78 is 32.8. The topological polar surface area (TPSA) is 96.5 Å². The zero-order valence-electron chi connectivity index (χ0n) is 14.4. The summed E-state index contributed by atoms with van der Waals surface area (Å²) >= 11 is 0. The second-order valence-corrected chi connectivity index (χ2v) is 8.35. The molecule has 25 heavy (non-hydrogen) atoms. The van der Waals surface area contributed by atoms with E-state index >= 15 is 0 Å². The molecule has 1 heterocycles. The number of ether oxygens (including phenoxy) is 1. The first kappa shape index (κ1) is 18.2. The highest BCUT2D eigenvalue weighted by Gasteiger charge is 2.30. The molecule has 1 aromatic carbocycles. The van der Waals surface area contributed by atoms with Crippen LogP contribution in [0.15, 0.2) is 23.1 Å².